The third kappa shape index (κ3) is 5.20. The molecule has 25 heavy (non-hydrogen) atoms. The molecule has 0 aliphatic carbocycles. The zero-order chi connectivity index (χ0) is 18.6. The molecule has 3 amide bonds. The molecule has 138 valence electrons. The van der Waals surface area contributed by atoms with E-state index in [9.17, 15) is 14.4 Å². The lowest BCUT2D eigenvalue weighted by Crippen LogP contribution is -2.54. The highest BCUT2D eigenvalue weighted by molar-refractivity contribution is 5.91. The summed E-state index contributed by atoms with van der Waals surface area (Å²) in [5.74, 6) is -0.898. The molecule has 2 heterocycles. The third-order valence-electron chi connectivity index (χ3n) is 3.83. The molecule has 9 nitrogen and oxygen atoms in total. The molecule has 1 fully saturated rings. The summed E-state index contributed by atoms with van der Waals surface area (Å²) in [6.45, 7) is 5.65. The van der Waals surface area contributed by atoms with Crippen LogP contribution in [0.4, 0.5) is 4.79 Å². The van der Waals surface area contributed by atoms with Gasteiger partial charge in [-0.25, -0.2) is 9.78 Å². The molecule has 2 atom stereocenters. The number of aromatic nitrogens is 2. The minimum atomic E-state index is -0.879. The number of alkyl carbamates (subject to hydrolysis) is 1. The Bertz CT molecular complexity index is 623. The smallest absolute Gasteiger partial charge is 0.408 e. The Kier molecular flexibility index (Phi) is 5.66. The van der Waals surface area contributed by atoms with Crippen molar-refractivity contribution < 1.29 is 19.1 Å². The van der Waals surface area contributed by atoms with E-state index in [1.54, 1.807) is 27.0 Å². The van der Waals surface area contributed by atoms with Gasteiger partial charge in [0.15, 0.2) is 0 Å². The van der Waals surface area contributed by atoms with Crippen molar-refractivity contribution in [1.82, 2.24) is 20.2 Å². The lowest BCUT2D eigenvalue weighted by atomic mass is 10.1. The Morgan fingerprint density at radius 3 is 2.76 bits per heavy atom. The van der Waals surface area contributed by atoms with Crippen LogP contribution >= 0.6 is 0 Å². The molecule has 1 aliphatic rings. The fourth-order valence-corrected chi connectivity index (χ4v) is 2.79. The van der Waals surface area contributed by atoms with E-state index in [4.69, 9.17) is 10.5 Å². The molecule has 0 radical (unpaired) electrons. The van der Waals surface area contributed by atoms with Gasteiger partial charge in [0.1, 0.15) is 17.7 Å². The number of carbonyl (C=O) groups is 3. The van der Waals surface area contributed by atoms with E-state index in [1.807, 2.05) is 0 Å². The van der Waals surface area contributed by atoms with E-state index in [-0.39, 0.29) is 12.3 Å². The van der Waals surface area contributed by atoms with Crippen molar-refractivity contribution in [3.8, 4) is 0 Å². The topological polar surface area (TPSA) is 130 Å². The largest absolute Gasteiger partial charge is 0.444 e. The summed E-state index contributed by atoms with van der Waals surface area (Å²) in [6, 6.07) is -1.52. The van der Waals surface area contributed by atoms with Gasteiger partial charge in [-0.3, -0.25) is 9.59 Å². The fraction of sp³-hybridized carbons (Fsp3) is 0.625. The molecule has 4 N–H and O–H groups in total. The molecular weight excluding hydrogens is 326 g/mol. The van der Waals surface area contributed by atoms with Crippen LogP contribution in [0.2, 0.25) is 0 Å². The third-order valence-corrected chi connectivity index (χ3v) is 3.83. The molecular formula is C16H25N5O4. The number of hydrogen-bond donors (Lipinski definition) is 3. The van der Waals surface area contributed by atoms with Crippen LogP contribution < -0.4 is 11.1 Å². The van der Waals surface area contributed by atoms with Gasteiger partial charge in [0.2, 0.25) is 11.8 Å². The second-order valence-electron chi connectivity index (χ2n) is 7.07. The number of ether oxygens (including phenoxy) is 1. The van der Waals surface area contributed by atoms with Gasteiger partial charge in [0.05, 0.1) is 6.33 Å². The van der Waals surface area contributed by atoms with Crippen LogP contribution in [0.3, 0.4) is 0 Å². The first-order valence-electron chi connectivity index (χ1n) is 8.24. The highest BCUT2D eigenvalue weighted by Gasteiger charge is 2.37. The van der Waals surface area contributed by atoms with Gasteiger partial charge in [0, 0.05) is 24.9 Å². The van der Waals surface area contributed by atoms with Crippen LogP contribution in [0.5, 0.6) is 0 Å². The van der Waals surface area contributed by atoms with Crippen LogP contribution in [0, 0.1) is 0 Å². The highest BCUT2D eigenvalue weighted by atomic mass is 16.6. The van der Waals surface area contributed by atoms with Gasteiger partial charge in [-0.05, 0) is 33.6 Å². The van der Waals surface area contributed by atoms with Crippen LogP contribution in [0.1, 0.15) is 39.3 Å². The standard InChI is InChI=1S/C16H25N5O4/c1-16(2,3)25-15(24)20-11(7-10-8-18-9-19-10)14(23)21-6-4-5-12(21)13(17)22/h8-9,11-12H,4-7H2,1-3H3,(H2,17,22)(H,18,19)(H,20,24)/t11-,12-/m1/s1. The lowest BCUT2D eigenvalue weighted by molar-refractivity contribution is -0.139. The summed E-state index contributed by atoms with van der Waals surface area (Å²) in [4.78, 5) is 44.8. The van der Waals surface area contributed by atoms with Crippen LogP contribution in [0.15, 0.2) is 12.5 Å². The number of imidazole rings is 1. The zero-order valence-electron chi connectivity index (χ0n) is 14.7. The molecule has 9 heteroatoms. The van der Waals surface area contributed by atoms with Gasteiger partial charge in [0.25, 0.3) is 0 Å². The minimum absolute atomic E-state index is 0.208. The number of nitrogens with zero attached hydrogens (tertiary/aromatic N) is 2. The van der Waals surface area contributed by atoms with Crippen molar-refractivity contribution >= 4 is 17.9 Å². The Morgan fingerprint density at radius 1 is 1.48 bits per heavy atom. The number of hydrogen-bond acceptors (Lipinski definition) is 5. The quantitative estimate of drug-likeness (QED) is 0.703. The predicted octanol–water partition coefficient (Wildman–Crippen LogP) is 0.322. The van der Waals surface area contributed by atoms with Crippen LogP contribution in [0.25, 0.3) is 0 Å². The Labute approximate surface area is 146 Å². The number of nitrogens with two attached hydrogens (primary N) is 1. The molecule has 1 saturated heterocycles. The molecule has 0 aromatic carbocycles. The van der Waals surface area contributed by atoms with Gasteiger partial charge in [-0.1, -0.05) is 0 Å². The first-order valence-corrected chi connectivity index (χ1v) is 8.24. The molecule has 1 aliphatic heterocycles. The molecule has 0 saturated carbocycles. The maximum Gasteiger partial charge on any atom is 0.408 e. The number of likely N-dealkylation sites (tertiary alicyclic amines) is 1. The second-order valence-corrected chi connectivity index (χ2v) is 7.07. The number of rotatable bonds is 5. The number of primary amides is 1. The number of aromatic amines is 1. The van der Waals surface area contributed by atoms with Gasteiger partial charge in [-0.15, -0.1) is 0 Å². The van der Waals surface area contributed by atoms with Crippen LogP contribution in [-0.2, 0) is 20.7 Å². The second kappa shape index (κ2) is 7.54. The number of nitrogens with one attached hydrogen (secondary N) is 2. The maximum absolute atomic E-state index is 12.9. The number of amides is 3. The van der Waals surface area contributed by atoms with Crippen molar-refractivity contribution in [2.45, 2.75) is 57.7 Å². The highest BCUT2D eigenvalue weighted by Crippen LogP contribution is 2.19. The van der Waals surface area contributed by atoms with Crippen molar-refractivity contribution in [3.63, 3.8) is 0 Å². The van der Waals surface area contributed by atoms with Crippen molar-refractivity contribution in [2.24, 2.45) is 5.73 Å². The summed E-state index contributed by atoms with van der Waals surface area (Å²) in [5, 5.41) is 2.60. The first-order chi connectivity index (χ1) is 11.7. The maximum atomic E-state index is 12.9. The lowest BCUT2D eigenvalue weighted by Gasteiger charge is -2.28. The first kappa shape index (κ1) is 18.8. The SMILES string of the molecule is CC(C)(C)OC(=O)N[C@H](Cc1cnc[nH]1)C(=O)N1CCC[C@@H]1C(N)=O. The Hall–Kier alpha value is -2.58. The predicted molar refractivity (Wildman–Crippen MR) is 89.4 cm³/mol. The minimum Gasteiger partial charge on any atom is -0.444 e. The summed E-state index contributed by atoms with van der Waals surface area (Å²) >= 11 is 0. The molecule has 0 unspecified atom stereocenters. The fourth-order valence-electron chi connectivity index (χ4n) is 2.79. The number of H-pyrrole nitrogens is 1. The van der Waals surface area contributed by atoms with Gasteiger partial charge >= 0.3 is 6.09 Å². The molecule has 0 spiro atoms. The van der Waals surface area contributed by atoms with E-state index in [0.717, 1.165) is 0 Å². The molecule has 1 aromatic heterocycles. The molecule has 1 aromatic rings. The van der Waals surface area contributed by atoms with Crippen molar-refractivity contribution in [3.05, 3.63) is 18.2 Å². The van der Waals surface area contributed by atoms with Crippen molar-refractivity contribution in [2.75, 3.05) is 6.54 Å². The van der Waals surface area contributed by atoms with E-state index in [1.165, 1.54) is 11.2 Å². The van der Waals surface area contributed by atoms with Crippen LogP contribution in [-0.4, -0.2) is 57.0 Å². The van der Waals surface area contributed by atoms with Gasteiger partial charge < -0.3 is 25.7 Å². The Morgan fingerprint density at radius 2 is 2.20 bits per heavy atom. The van der Waals surface area contributed by atoms with Crippen molar-refractivity contribution in [1.29, 1.82) is 0 Å². The average Bonchev–Trinajstić information content (AvgIpc) is 3.14. The Balaban J connectivity index is 2.14. The summed E-state index contributed by atoms with van der Waals surface area (Å²) in [6.07, 6.45) is 3.81. The van der Waals surface area contributed by atoms with E-state index < -0.39 is 29.7 Å². The molecule has 0 bridgehead atoms. The van der Waals surface area contributed by atoms with Gasteiger partial charge in [-0.2, -0.15) is 0 Å². The zero-order valence-corrected chi connectivity index (χ0v) is 14.7. The normalized spacial score (nSPS) is 18.7. The summed E-state index contributed by atoms with van der Waals surface area (Å²) in [7, 11) is 0. The van der Waals surface area contributed by atoms with E-state index in [2.05, 4.69) is 15.3 Å². The monoisotopic (exact) mass is 351 g/mol. The van der Waals surface area contributed by atoms with E-state index in [0.29, 0.717) is 25.1 Å². The summed E-state index contributed by atoms with van der Waals surface area (Å²) in [5.41, 5.74) is 5.38. The average molecular weight is 351 g/mol. The summed E-state index contributed by atoms with van der Waals surface area (Å²) < 4.78 is 5.24. The molecule has 2 rings (SSSR count). The van der Waals surface area contributed by atoms with E-state index >= 15 is 0 Å². The number of carbonyl (C=O) groups excluding carboxylic acids is 3.